The lowest BCUT2D eigenvalue weighted by Gasteiger charge is -2.06. The van der Waals surface area contributed by atoms with Gasteiger partial charge in [0.15, 0.2) is 0 Å². The smallest absolute Gasteiger partial charge is 0.255 e. The molecule has 4 nitrogen and oxygen atoms in total. The van der Waals surface area contributed by atoms with Crippen LogP contribution in [0.2, 0.25) is 0 Å². The van der Waals surface area contributed by atoms with Crippen molar-refractivity contribution < 1.29 is 9.21 Å². The summed E-state index contributed by atoms with van der Waals surface area (Å²) in [5.41, 5.74) is 0.676. The largest absolute Gasteiger partial charge is 0.466 e. The molecule has 2 heterocycles. The zero-order valence-corrected chi connectivity index (χ0v) is 10.8. The van der Waals surface area contributed by atoms with Gasteiger partial charge in [-0.1, -0.05) is 0 Å². The van der Waals surface area contributed by atoms with E-state index in [-0.39, 0.29) is 18.3 Å². The van der Waals surface area contributed by atoms with Gasteiger partial charge in [0.25, 0.3) is 5.91 Å². The number of carbonyl (C=O) groups excluding carboxylic acids is 1. The minimum absolute atomic E-state index is 0. The average molecular weight is 257 g/mol. The topological polar surface area (TPSA) is 54.3 Å². The maximum atomic E-state index is 12.0. The number of fused-ring (bicyclic) bond motifs is 1. The Hall–Kier alpha value is -1.000. The van der Waals surface area contributed by atoms with Crippen LogP contribution in [0, 0.1) is 25.7 Å². The van der Waals surface area contributed by atoms with Gasteiger partial charge >= 0.3 is 0 Å². The van der Waals surface area contributed by atoms with Gasteiger partial charge in [0.1, 0.15) is 11.5 Å². The maximum Gasteiger partial charge on any atom is 0.255 e. The highest BCUT2D eigenvalue weighted by atomic mass is 35.5. The van der Waals surface area contributed by atoms with E-state index in [4.69, 9.17) is 4.42 Å². The third-order valence-corrected chi connectivity index (χ3v) is 3.68. The van der Waals surface area contributed by atoms with Gasteiger partial charge in [0, 0.05) is 19.1 Å². The number of hydrogen-bond acceptors (Lipinski definition) is 3. The van der Waals surface area contributed by atoms with Crippen LogP contribution in [-0.4, -0.2) is 25.0 Å². The van der Waals surface area contributed by atoms with E-state index in [9.17, 15) is 4.79 Å². The molecular formula is C12H17ClN2O2. The minimum Gasteiger partial charge on any atom is -0.466 e. The van der Waals surface area contributed by atoms with Crippen molar-refractivity contribution in [2.75, 3.05) is 13.1 Å². The summed E-state index contributed by atoms with van der Waals surface area (Å²) >= 11 is 0. The monoisotopic (exact) mass is 256 g/mol. The zero-order chi connectivity index (χ0) is 11.3. The normalized spacial score (nSPS) is 29.4. The molecule has 2 atom stereocenters. The summed E-state index contributed by atoms with van der Waals surface area (Å²) in [6.45, 7) is 5.77. The first kappa shape index (κ1) is 12.5. The molecule has 2 N–H and O–H groups in total. The van der Waals surface area contributed by atoms with Crippen molar-refractivity contribution in [3.63, 3.8) is 0 Å². The summed E-state index contributed by atoms with van der Waals surface area (Å²) in [6.07, 6.45) is 0. The van der Waals surface area contributed by atoms with Crippen molar-refractivity contribution in [3.8, 4) is 0 Å². The first-order valence-electron chi connectivity index (χ1n) is 5.75. The number of carbonyl (C=O) groups is 1. The molecule has 1 saturated carbocycles. The Morgan fingerprint density at radius 3 is 2.59 bits per heavy atom. The number of halogens is 1. The predicted octanol–water partition coefficient (Wildman–Crippen LogP) is 1.27. The van der Waals surface area contributed by atoms with Gasteiger partial charge in [-0.3, -0.25) is 4.79 Å². The van der Waals surface area contributed by atoms with E-state index in [0.717, 1.165) is 18.8 Å². The molecule has 94 valence electrons. The fourth-order valence-electron chi connectivity index (χ4n) is 2.72. The summed E-state index contributed by atoms with van der Waals surface area (Å²) in [6, 6.07) is 2.18. The van der Waals surface area contributed by atoms with Crippen molar-refractivity contribution >= 4 is 18.3 Å². The fourth-order valence-corrected chi connectivity index (χ4v) is 2.72. The Morgan fingerprint density at radius 2 is 2.06 bits per heavy atom. The van der Waals surface area contributed by atoms with E-state index in [2.05, 4.69) is 10.6 Å². The highest BCUT2D eigenvalue weighted by Crippen LogP contribution is 2.41. The summed E-state index contributed by atoms with van der Waals surface area (Å²) in [5, 5.41) is 6.40. The van der Waals surface area contributed by atoms with Crippen LogP contribution in [0.4, 0.5) is 0 Å². The van der Waals surface area contributed by atoms with Gasteiger partial charge in [0.2, 0.25) is 0 Å². The molecule has 0 aromatic carbocycles. The number of nitrogens with one attached hydrogen (secondary N) is 2. The molecule has 2 unspecified atom stereocenters. The number of piperidine rings is 1. The van der Waals surface area contributed by atoms with Crippen LogP contribution in [0.3, 0.4) is 0 Å². The molecule has 2 fully saturated rings. The maximum absolute atomic E-state index is 12.0. The lowest BCUT2D eigenvalue weighted by atomic mass is 10.2. The lowest BCUT2D eigenvalue weighted by Crippen LogP contribution is -2.32. The van der Waals surface area contributed by atoms with Crippen LogP contribution in [0.25, 0.3) is 0 Å². The van der Waals surface area contributed by atoms with E-state index in [1.807, 2.05) is 13.8 Å². The van der Waals surface area contributed by atoms with Gasteiger partial charge in [-0.25, -0.2) is 0 Å². The Labute approximate surface area is 107 Å². The second kappa shape index (κ2) is 4.35. The SMILES string of the molecule is Cc1cc(C(=O)NC2C3CNCC32)c(C)o1.Cl. The summed E-state index contributed by atoms with van der Waals surface area (Å²) in [7, 11) is 0. The minimum atomic E-state index is 0. The van der Waals surface area contributed by atoms with Crippen molar-refractivity contribution in [1.82, 2.24) is 10.6 Å². The highest BCUT2D eigenvalue weighted by molar-refractivity contribution is 5.95. The Bertz CT molecular complexity index is 434. The van der Waals surface area contributed by atoms with Gasteiger partial charge in [-0.2, -0.15) is 0 Å². The summed E-state index contributed by atoms with van der Waals surface area (Å²) in [4.78, 5) is 12.0. The molecule has 0 spiro atoms. The first-order valence-corrected chi connectivity index (χ1v) is 5.75. The van der Waals surface area contributed by atoms with Gasteiger partial charge in [-0.05, 0) is 31.7 Å². The number of furan rings is 1. The van der Waals surface area contributed by atoms with E-state index in [1.165, 1.54) is 0 Å². The standard InChI is InChI=1S/C12H16N2O2.ClH/c1-6-3-8(7(2)16-6)12(15)14-11-9-4-13-5-10(9)11;/h3,9-11,13H,4-5H2,1-2H3,(H,14,15);1H. The molecule has 5 heteroatoms. The molecule has 17 heavy (non-hydrogen) atoms. The summed E-state index contributed by atoms with van der Waals surface area (Å²) < 4.78 is 5.36. The third-order valence-electron chi connectivity index (χ3n) is 3.68. The molecule has 1 amide bonds. The molecule has 2 aliphatic rings. The van der Waals surface area contributed by atoms with Crippen LogP contribution in [0.1, 0.15) is 21.9 Å². The number of hydrogen-bond donors (Lipinski definition) is 2. The molecule has 1 aromatic heterocycles. The van der Waals surface area contributed by atoms with Crippen LogP contribution in [0.15, 0.2) is 10.5 Å². The number of aryl methyl sites for hydroxylation is 2. The molecular weight excluding hydrogens is 240 g/mol. The average Bonchev–Trinajstić information content (AvgIpc) is 2.66. The molecule has 1 saturated heterocycles. The lowest BCUT2D eigenvalue weighted by molar-refractivity contribution is 0.0945. The zero-order valence-electron chi connectivity index (χ0n) is 9.95. The van der Waals surface area contributed by atoms with Gasteiger partial charge in [-0.15, -0.1) is 12.4 Å². The molecule has 1 aliphatic heterocycles. The third kappa shape index (κ3) is 2.07. The quantitative estimate of drug-likeness (QED) is 0.838. The Balaban J connectivity index is 0.00000108. The molecule has 1 aromatic rings. The van der Waals surface area contributed by atoms with Crippen molar-refractivity contribution in [3.05, 3.63) is 23.2 Å². The Morgan fingerprint density at radius 1 is 1.41 bits per heavy atom. The molecule has 1 aliphatic carbocycles. The van der Waals surface area contributed by atoms with Gasteiger partial charge < -0.3 is 15.1 Å². The van der Waals surface area contributed by atoms with Crippen molar-refractivity contribution in [2.45, 2.75) is 19.9 Å². The second-order valence-corrected chi connectivity index (χ2v) is 4.81. The first-order chi connectivity index (χ1) is 7.66. The number of rotatable bonds is 2. The van der Waals surface area contributed by atoms with E-state index in [0.29, 0.717) is 29.2 Å². The van der Waals surface area contributed by atoms with Crippen molar-refractivity contribution in [2.24, 2.45) is 11.8 Å². The number of amides is 1. The summed E-state index contributed by atoms with van der Waals surface area (Å²) in [5.74, 6) is 2.81. The van der Waals surface area contributed by atoms with Crippen molar-refractivity contribution in [1.29, 1.82) is 0 Å². The van der Waals surface area contributed by atoms with Gasteiger partial charge in [0.05, 0.1) is 5.56 Å². The van der Waals surface area contributed by atoms with E-state index in [1.54, 1.807) is 6.07 Å². The highest BCUT2D eigenvalue weighted by Gasteiger charge is 2.53. The fraction of sp³-hybridized carbons (Fsp3) is 0.583. The van der Waals surface area contributed by atoms with E-state index < -0.39 is 0 Å². The second-order valence-electron chi connectivity index (χ2n) is 4.81. The molecule has 0 radical (unpaired) electrons. The molecule has 3 rings (SSSR count). The van der Waals surface area contributed by atoms with Crippen LogP contribution >= 0.6 is 12.4 Å². The van der Waals surface area contributed by atoms with E-state index >= 15 is 0 Å². The predicted molar refractivity (Wildman–Crippen MR) is 66.5 cm³/mol. The molecule has 0 bridgehead atoms. The van der Waals surface area contributed by atoms with Crippen LogP contribution < -0.4 is 10.6 Å². The van der Waals surface area contributed by atoms with Crippen LogP contribution in [-0.2, 0) is 0 Å². The Kier molecular flexibility index (Phi) is 3.19. The van der Waals surface area contributed by atoms with Crippen LogP contribution in [0.5, 0.6) is 0 Å².